The van der Waals surface area contributed by atoms with E-state index in [0.717, 1.165) is 38.5 Å². The average Bonchev–Trinajstić information content (AvgIpc) is 3.13. The van der Waals surface area contributed by atoms with E-state index in [1.54, 1.807) is 0 Å². The van der Waals surface area contributed by atoms with Gasteiger partial charge in [-0.25, -0.2) is 0 Å². The molecule has 0 aliphatic rings. The van der Waals surface area contributed by atoms with Crippen LogP contribution in [0.2, 0.25) is 0 Å². The zero-order valence-electron chi connectivity index (χ0n) is 34.0. The molecule has 0 heterocycles. The number of nitrogens with one attached hydrogen (secondary N) is 1. The van der Waals surface area contributed by atoms with Gasteiger partial charge in [-0.15, -0.1) is 0 Å². The van der Waals surface area contributed by atoms with E-state index >= 15 is 0 Å². The number of hydrogen-bond donors (Lipinski definition) is 4. The van der Waals surface area contributed by atoms with Crippen LogP contribution in [0.5, 0.6) is 0 Å². The highest BCUT2D eigenvalue weighted by molar-refractivity contribution is 5.76. The maximum atomic E-state index is 12.4. The lowest BCUT2D eigenvalue weighted by Crippen LogP contribution is -2.50. The van der Waals surface area contributed by atoms with Crippen molar-refractivity contribution in [3.8, 4) is 0 Å². The average molecular weight is 718 g/mol. The lowest BCUT2D eigenvalue weighted by molar-refractivity contribution is -0.124. The summed E-state index contributed by atoms with van der Waals surface area (Å²) in [5.41, 5.74) is 0. The Morgan fingerprint density at radius 1 is 0.490 bits per heavy atom. The fraction of sp³-hybridized carbons (Fsp3) is 0.848. The Labute approximate surface area is 317 Å². The molecule has 0 fully saturated rings. The first-order valence-corrected chi connectivity index (χ1v) is 22.3. The second-order valence-corrected chi connectivity index (χ2v) is 15.3. The summed E-state index contributed by atoms with van der Waals surface area (Å²) in [4.78, 5) is 12.4. The van der Waals surface area contributed by atoms with Crippen LogP contribution >= 0.6 is 0 Å². The molecule has 5 nitrogen and oxygen atoms in total. The van der Waals surface area contributed by atoms with Gasteiger partial charge < -0.3 is 20.6 Å². The van der Waals surface area contributed by atoms with Gasteiger partial charge in [0.25, 0.3) is 0 Å². The van der Waals surface area contributed by atoms with Crippen LogP contribution in [0.1, 0.15) is 226 Å². The quantitative estimate of drug-likeness (QED) is 0.0288. The summed E-state index contributed by atoms with van der Waals surface area (Å²) in [5.74, 6) is -0.158. The molecular weight excluding hydrogens is 631 g/mol. The maximum absolute atomic E-state index is 12.4. The molecule has 0 radical (unpaired) electrons. The Morgan fingerprint density at radius 2 is 0.843 bits per heavy atom. The number of amides is 1. The van der Waals surface area contributed by atoms with Crippen molar-refractivity contribution in [2.75, 3.05) is 6.61 Å². The standard InChI is InChI=1S/C46H87NO4/c1-3-5-7-9-11-13-15-17-19-21-23-25-27-29-31-33-35-37-39-41-45(50)47-43(42-48)46(51)44(49)40-38-36-34-32-30-28-26-24-22-20-18-16-14-12-10-8-6-4-2/h11,13,15,17,32,34,43-44,46,48-49,51H,3-10,12,14,16,18-31,33,35-42H2,1-2H3,(H,47,50)/b13-11-,17-15-,34-32+. The number of aliphatic hydroxyl groups is 3. The third kappa shape index (κ3) is 36.7. The summed E-state index contributed by atoms with van der Waals surface area (Å²) in [7, 11) is 0. The minimum Gasteiger partial charge on any atom is -0.394 e. The van der Waals surface area contributed by atoms with Gasteiger partial charge in [0.05, 0.1) is 18.8 Å². The monoisotopic (exact) mass is 718 g/mol. The van der Waals surface area contributed by atoms with Gasteiger partial charge in [-0.1, -0.05) is 192 Å². The molecule has 0 aromatic heterocycles. The Morgan fingerprint density at radius 3 is 1.29 bits per heavy atom. The van der Waals surface area contributed by atoms with E-state index in [2.05, 4.69) is 55.6 Å². The van der Waals surface area contributed by atoms with Crippen LogP contribution < -0.4 is 5.32 Å². The second-order valence-electron chi connectivity index (χ2n) is 15.3. The highest BCUT2D eigenvalue weighted by Gasteiger charge is 2.26. The van der Waals surface area contributed by atoms with Gasteiger partial charge in [0.15, 0.2) is 0 Å². The molecule has 0 aromatic rings. The van der Waals surface area contributed by atoms with Gasteiger partial charge in [0.2, 0.25) is 5.91 Å². The summed E-state index contributed by atoms with van der Waals surface area (Å²) < 4.78 is 0. The smallest absolute Gasteiger partial charge is 0.220 e. The van der Waals surface area contributed by atoms with Crippen molar-refractivity contribution in [1.82, 2.24) is 5.32 Å². The van der Waals surface area contributed by atoms with Crippen LogP contribution in [0.15, 0.2) is 36.5 Å². The Bertz CT molecular complexity index is 794. The van der Waals surface area contributed by atoms with Crippen LogP contribution in [-0.4, -0.2) is 46.1 Å². The number of carbonyl (C=O) groups excluding carboxylic acids is 1. The molecule has 51 heavy (non-hydrogen) atoms. The van der Waals surface area contributed by atoms with Crippen molar-refractivity contribution in [2.45, 2.75) is 244 Å². The Hall–Kier alpha value is -1.43. The van der Waals surface area contributed by atoms with Crippen LogP contribution in [0.25, 0.3) is 0 Å². The van der Waals surface area contributed by atoms with E-state index < -0.39 is 18.2 Å². The lowest BCUT2D eigenvalue weighted by Gasteiger charge is -2.26. The minimum atomic E-state index is -1.16. The third-order valence-electron chi connectivity index (χ3n) is 10.2. The Balaban J connectivity index is 3.67. The molecule has 0 spiro atoms. The highest BCUT2D eigenvalue weighted by atomic mass is 16.3. The lowest BCUT2D eigenvalue weighted by atomic mass is 10.0. The molecule has 0 aromatic carbocycles. The first-order valence-electron chi connectivity index (χ1n) is 22.3. The normalized spacial score (nSPS) is 13.9. The van der Waals surface area contributed by atoms with E-state index in [4.69, 9.17) is 0 Å². The molecular formula is C46H87NO4. The number of aliphatic hydroxyl groups excluding tert-OH is 3. The molecule has 0 aliphatic carbocycles. The molecule has 3 atom stereocenters. The molecule has 300 valence electrons. The van der Waals surface area contributed by atoms with Crippen molar-refractivity contribution in [1.29, 1.82) is 0 Å². The van der Waals surface area contributed by atoms with Crippen molar-refractivity contribution in [3.63, 3.8) is 0 Å². The van der Waals surface area contributed by atoms with Gasteiger partial charge in [0.1, 0.15) is 6.10 Å². The molecule has 0 bridgehead atoms. The first-order chi connectivity index (χ1) is 25.1. The topological polar surface area (TPSA) is 89.8 Å². The minimum absolute atomic E-state index is 0.158. The van der Waals surface area contributed by atoms with E-state index in [1.807, 2.05) is 0 Å². The second kappa shape index (κ2) is 41.3. The predicted octanol–water partition coefficient (Wildman–Crippen LogP) is 12.8. The van der Waals surface area contributed by atoms with Crippen LogP contribution in [0.4, 0.5) is 0 Å². The summed E-state index contributed by atoms with van der Waals surface area (Å²) in [6.07, 6.45) is 51.1. The first kappa shape index (κ1) is 49.6. The number of carbonyl (C=O) groups is 1. The number of rotatable bonds is 40. The van der Waals surface area contributed by atoms with E-state index in [9.17, 15) is 20.1 Å². The molecule has 0 saturated heterocycles. The predicted molar refractivity (Wildman–Crippen MR) is 222 cm³/mol. The van der Waals surface area contributed by atoms with E-state index in [1.165, 1.54) is 161 Å². The SMILES string of the molecule is CCCCC/C=C\C=C/CCCCCCCCCCCCC(=O)NC(CO)C(O)C(O)CCC/C=C/CCCCCCCCCCCCCCC. The van der Waals surface area contributed by atoms with E-state index in [0.29, 0.717) is 12.8 Å². The number of hydrogen-bond acceptors (Lipinski definition) is 4. The van der Waals surface area contributed by atoms with Crippen LogP contribution in [0, 0.1) is 0 Å². The summed E-state index contributed by atoms with van der Waals surface area (Å²) in [6, 6.07) is -0.827. The van der Waals surface area contributed by atoms with Crippen molar-refractivity contribution in [3.05, 3.63) is 36.5 Å². The maximum Gasteiger partial charge on any atom is 0.220 e. The molecule has 4 N–H and O–H groups in total. The fourth-order valence-corrected chi connectivity index (χ4v) is 6.74. The van der Waals surface area contributed by atoms with Crippen molar-refractivity contribution in [2.24, 2.45) is 0 Å². The largest absolute Gasteiger partial charge is 0.394 e. The number of allylic oxidation sites excluding steroid dienone is 6. The van der Waals surface area contributed by atoms with Gasteiger partial charge in [-0.3, -0.25) is 4.79 Å². The third-order valence-corrected chi connectivity index (χ3v) is 10.2. The molecule has 5 heteroatoms. The zero-order valence-corrected chi connectivity index (χ0v) is 34.0. The summed E-state index contributed by atoms with van der Waals surface area (Å²) >= 11 is 0. The van der Waals surface area contributed by atoms with Crippen LogP contribution in [-0.2, 0) is 4.79 Å². The number of unbranched alkanes of at least 4 members (excludes halogenated alkanes) is 27. The van der Waals surface area contributed by atoms with Gasteiger partial charge in [-0.2, -0.15) is 0 Å². The highest BCUT2D eigenvalue weighted by Crippen LogP contribution is 2.15. The molecule has 3 unspecified atom stereocenters. The zero-order chi connectivity index (χ0) is 37.3. The molecule has 0 saturated carbocycles. The van der Waals surface area contributed by atoms with Crippen molar-refractivity contribution < 1.29 is 20.1 Å². The van der Waals surface area contributed by atoms with Crippen molar-refractivity contribution >= 4 is 5.91 Å². The molecule has 0 rings (SSSR count). The van der Waals surface area contributed by atoms with E-state index in [-0.39, 0.29) is 12.5 Å². The van der Waals surface area contributed by atoms with Gasteiger partial charge in [-0.05, 0) is 64.2 Å². The van der Waals surface area contributed by atoms with Gasteiger partial charge >= 0.3 is 0 Å². The molecule has 0 aliphatic heterocycles. The summed E-state index contributed by atoms with van der Waals surface area (Å²) in [5, 5.41) is 33.5. The summed E-state index contributed by atoms with van der Waals surface area (Å²) in [6.45, 7) is 4.14. The fourth-order valence-electron chi connectivity index (χ4n) is 6.74. The Kier molecular flexibility index (Phi) is 40.2. The molecule has 1 amide bonds. The van der Waals surface area contributed by atoms with Crippen LogP contribution in [0.3, 0.4) is 0 Å². The van der Waals surface area contributed by atoms with Gasteiger partial charge in [0, 0.05) is 6.42 Å².